The van der Waals surface area contributed by atoms with E-state index in [1.54, 1.807) is 19.5 Å². The SMILES string of the molecule is CCCCCCc1ccc(CCc2cc3c4c(ccc3s2)-c2c-4ccc3sc(CCc4ccc(CCCCCC)s4)cc23)s1. The summed E-state index contributed by atoms with van der Waals surface area (Å²) in [6.45, 7) is 4.58. The first kappa shape index (κ1) is 30.4. The van der Waals surface area contributed by atoms with Crippen LogP contribution in [0.5, 0.6) is 0 Å². The summed E-state index contributed by atoms with van der Waals surface area (Å²) in [5.74, 6) is 0. The third kappa shape index (κ3) is 6.51. The number of hydrogen-bond donors (Lipinski definition) is 0. The van der Waals surface area contributed by atoms with E-state index in [1.165, 1.54) is 116 Å². The molecule has 0 atom stereocenters. The maximum Gasteiger partial charge on any atom is 0.0352 e. The molecule has 6 aromatic rings. The van der Waals surface area contributed by atoms with E-state index in [-0.39, 0.29) is 0 Å². The van der Waals surface area contributed by atoms with E-state index < -0.39 is 0 Å². The Morgan fingerprint density at radius 3 is 1.23 bits per heavy atom. The number of unbranched alkanes of at least 4 members (excludes halogenated alkanes) is 6. The van der Waals surface area contributed by atoms with Crippen molar-refractivity contribution in [2.75, 3.05) is 0 Å². The van der Waals surface area contributed by atoms with Gasteiger partial charge in [-0.15, -0.1) is 45.3 Å². The lowest BCUT2D eigenvalue weighted by Gasteiger charge is -2.25. The van der Waals surface area contributed by atoms with Crippen LogP contribution in [-0.2, 0) is 38.5 Å². The Morgan fingerprint density at radius 1 is 0.386 bits per heavy atom. The van der Waals surface area contributed by atoms with Gasteiger partial charge in [-0.2, -0.15) is 0 Å². The predicted molar refractivity (Wildman–Crippen MR) is 201 cm³/mol. The van der Waals surface area contributed by atoms with Crippen molar-refractivity contribution in [1.29, 1.82) is 0 Å². The smallest absolute Gasteiger partial charge is 0.0352 e. The average Bonchev–Trinajstić information content (AvgIpc) is 3.83. The molecule has 0 saturated heterocycles. The van der Waals surface area contributed by atoms with Crippen LogP contribution in [0.1, 0.15) is 94.5 Å². The summed E-state index contributed by atoms with van der Waals surface area (Å²) >= 11 is 8.09. The van der Waals surface area contributed by atoms with Crippen LogP contribution < -0.4 is 0 Å². The molecule has 4 aromatic heterocycles. The summed E-state index contributed by atoms with van der Waals surface area (Å²) in [4.78, 5) is 9.28. The first-order valence-corrected chi connectivity index (χ1v) is 20.2. The lowest BCUT2D eigenvalue weighted by atomic mass is 9.77. The van der Waals surface area contributed by atoms with Gasteiger partial charge in [0.2, 0.25) is 0 Å². The van der Waals surface area contributed by atoms with Gasteiger partial charge in [0.05, 0.1) is 0 Å². The van der Waals surface area contributed by atoms with Crippen molar-refractivity contribution in [2.45, 2.75) is 104 Å². The molecule has 0 aliphatic heterocycles. The van der Waals surface area contributed by atoms with Gasteiger partial charge in [0.1, 0.15) is 0 Å². The minimum atomic E-state index is 1.15. The van der Waals surface area contributed by atoms with Gasteiger partial charge in [-0.1, -0.05) is 64.5 Å². The summed E-state index contributed by atoms with van der Waals surface area (Å²) in [5.41, 5.74) is 5.91. The van der Waals surface area contributed by atoms with E-state index >= 15 is 0 Å². The molecule has 0 fully saturated rings. The van der Waals surface area contributed by atoms with Crippen molar-refractivity contribution in [2.24, 2.45) is 0 Å². The minimum absolute atomic E-state index is 1.15. The van der Waals surface area contributed by atoms with Crippen LogP contribution in [0.3, 0.4) is 0 Å². The number of fused-ring (bicyclic) bond motifs is 8. The largest absolute Gasteiger partial charge is 0.145 e. The Morgan fingerprint density at radius 2 is 0.795 bits per heavy atom. The molecule has 1 aliphatic carbocycles. The van der Waals surface area contributed by atoms with Crippen molar-refractivity contribution >= 4 is 65.5 Å². The predicted octanol–water partition coefficient (Wildman–Crippen LogP) is 13.7. The van der Waals surface area contributed by atoms with Gasteiger partial charge < -0.3 is 0 Å². The van der Waals surface area contributed by atoms with E-state index in [2.05, 4.69) is 74.5 Å². The monoisotopic (exact) mass is 652 g/mol. The molecule has 228 valence electrons. The first-order chi connectivity index (χ1) is 21.7. The van der Waals surface area contributed by atoms with Crippen molar-refractivity contribution in [3.05, 3.63) is 89.9 Å². The van der Waals surface area contributed by atoms with E-state index in [0.29, 0.717) is 0 Å². The topological polar surface area (TPSA) is 0 Å². The quantitative estimate of drug-likeness (QED) is 0.0911. The molecule has 0 unspecified atom stereocenters. The van der Waals surface area contributed by atoms with Crippen molar-refractivity contribution in [1.82, 2.24) is 0 Å². The molecule has 0 radical (unpaired) electrons. The second-order valence-corrected chi connectivity index (χ2v) is 17.4. The lowest BCUT2D eigenvalue weighted by Crippen LogP contribution is -1.99. The highest BCUT2D eigenvalue weighted by Gasteiger charge is 2.28. The molecular formula is C40H44S4. The minimum Gasteiger partial charge on any atom is -0.145 e. The van der Waals surface area contributed by atoms with Gasteiger partial charge >= 0.3 is 0 Å². The van der Waals surface area contributed by atoms with Crippen molar-refractivity contribution in [3.63, 3.8) is 0 Å². The van der Waals surface area contributed by atoms with E-state index in [0.717, 1.165) is 25.7 Å². The van der Waals surface area contributed by atoms with Gasteiger partial charge in [0.25, 0.3) is 0 Å². The van der Waals surface area contributed by atoms with Crippen LogP contribution in [0.15, 0.2) is 60.7 Å². The average molecular weight is 653 g/mol. The second kappa shape index (κ2) is 14.0. The molecular weight excluding hydrogens is 609 g/mol. The van der Waals surface area contributed by atoms with Gasteiger partial charge in [-0.05, 0) is 122 Å². The van der Waals surface area contributed by atoms with Crippen LogP contribution in [0.25, 0.3) is 42.4 Å². The molecule has 44 heavy (non-hydrogen) atoms. The molecule has 4 heteroatoms. The maximum absolute atomic E-state index is 2.50. The third-order valence-corrected chi connectivity index (χ3v) is 14.0. The van der Waals surface area contributed by atoms with Crippen molar-refractivity contribution < 1.29 is 0 Å². The zero-order valence-electron chi connectivity index (χ0n) is 26.3. The van der Waals surface area contributed by atoms with Crippen LogP contribution in [0, 0.1) is 0 Å². The molecule has 2 aromatic carbocycles. The van der Waals surface area contributed by atoms with Crippen LogP contribution in [0.2, 0.25) is 0 Å². The second-order valence-electron chi connectivity index (χ2n) is 12.6. The summed E-state index contributed by atoms with van der Waals surface area (Å²) < 4.78 is 2.89. The number of aryl methyl sites for hydroxylation is 6. The highest BCUT2D eigenvalue weighted by atomic mass is 32.1. The summed E-state index contributed by atoms with van der Waals surface area (Å²) in [6, 6.07) is 24.1. The zero-order chi connectivity index (χ0) is 29.9. The molecule has 0 saturated carbocycles. The van der Waals surface area contributed by atoms with E-state index in [4.69, 9.17) is 0 Å². The van der Waals surface area contributed by atoms with Gasteiger partial charge in [0, 0.05) is 49.4 Å². The molecule has 0 nitrogen and oxygen atoms in total. The summed E-state index contributed by atoms with van der Waals surface area (Å²) in [6.07, 6.45) is 17.9. The zero-order valence-corrected chi connectivity index (χ0v) is 29.6. The number of rotatable bonds is 16. The Balaban J connectivity index is 1.01. The molecule has 0 spiro atoms. The summed E-state index contributed by atoms with van der Waals surface area (Å²) in [5, 5.41) is 2.94. The number of thiophene rings is 4. The molecule has 0 N–H and O–H groups in total. The molecule has 0 amide bonds. The Hall–Kier alpha value is -2.24. The lowest BCUT2D eigenvalue weighted by molar-refractivity contribution is 0.670. The standard InChI is InChI=1S/C40H44S4/c1-3-5-7-9-11-27-13-15-29(41-27)17-19-31-25-35-37(43-31)23-21-33-39(35)34-22-24-38-36(40(33)34)26-32(44-38)20-18-30-16-14-28(42-30)12-10-8-6-4-2/h13-16,21-26H,3-12,17-20H2,1-2H3. The Bertz CT molecular complexity index is 1700. The number of benzene rings is 2. The summed E-state index contributed by atoms with van der Waals surface area (Å²) in [7, 11) is 0. The molecule has 0 bridgehead atoms. The molecule has 4 heterocycles. The normalized spacial score (nSPS) is 12.2. The van der Waals surface area contributed by atoms with Crippen molar-refractivity contribution in [3.8, 4) is 22.3 Å². The molecule has 7 rings (SSSR count). The maximum atomic E-state index is 2.50. The third-order valence-electron chi connectivity index (χ3n) is 9.27. The Labute approximate surface area is 279 Å². The first-order valence-electron chi connectivity index (χ1n) is 17.0. The van der Waals surface area contributed by atoms with Gasteiger partial charge in [0.15, 0.2) is 0 Å². The van der Waals surface area contributed by atoms with Crippen LogP contribution >= 0.6 is 45.3 Å². The number of hydrogen-bond acceptors (Lipinski definition) is 4. The Kier molecular flexibility index (Phi) is 9.70. The van der Waals surface area contributed by atoms with Crippen LogP contribution in [-0.4, -0.2) is 0 Å². The highest BCUT2D eigenvalue weighted by molar-refractivity contribution is 7.19. The fourth-order valence-corrected chi connectivity index (χ4v) is 11.1. The fourth-order valence-electron chi connectivity index (χ4n) is 6.84. The highest BCUT2D eigenvalue weighted by Crippen LogP contribution is 2.55. The van der Waals surface area contributed by atoms with E-state index in [1.807, 2.05) is 45.3 Å². The molecule has 1 aliphatic rings. The fraction of sp³-hybridized carbons (Fsp3) is 0.400. The van der Waals surface area contributed by atoms with Gasteiger partial charge in [-0.3, -0.25) is 0 Å². The van der Waals surface area contributed by atoms with E-state index in [9.17, 15) is 0 Å². The van der Waals surface area contributed by atoms with Gasteiger partial charge in [-0.25, -0.2) is 0 Å². The van der Waals surface area contributed by atoms with Crippen LogP contribution in [0.4, 0.5) is 0 Å².